The second kappa shape index (κ2) is 9.50. The predicted octanol–water partition coefficient (Wildman–Crippen LogP) is 6.89. The first kappa shape index (κ1) is 21.3. The lowest BCUT2D eigenvalue weighted by Gasteiger charge is -2.14. The third kappa shape index (κ3) is 4.61. The lowest BCUT2D eigenvalue weighted by atomic mass is 10.1. The minimum atomic E-state index is -0.530. The van der Waals surface area contributed by atoms with E-state index in [4.69, 9.17) is 14.5 Å². The highest BCUT2D eigenvalue weighted by Gasteiger charge is 2.10. The fourth-order valence-electron chi connectivity index (χ4n) is 3.86. The summed E-state index contributed by atoms with van der Waals surface area (Å²) in [6.45, 7) is 0.142. The molecule has 34 heavy (non-hydrogen) atoms. The second-order valence-corrected chi connectivity index (χ2v) is 7.78. The van der Waals surface area contributed by atoms with E-state index < -0.39 is 6.09 Å². The molecule has 1 amide bonds. The summed E-state index contributed by atoms with van der Waals surface area (Å²) in [7, 11) is 1.58. The maximum Gasteiger partial charge on any atom is 0.411 e. The van der Waals surface area contributed by atoms with Crippen LogP contribution in [0.4, 0.5) is 21.9 Å². The van der Waals surface area contributed by atoms with Gasteiger partial charge in [-0.2, -0.15) is 0 Å². The first-order valence-corrected chi connectivity index (χ1v) is 10.9. The van der Waals surface area contributed by atoms with Crippen molar-refractivity contribution in [3.8, 4) is 5.75 Å². The molecule has 0 unspecified atom stereocenters. The summed E-state index contributed by atoms with van der Waals surface area (Å²) in [6.07, 6.45) is -0.530. The SMILES string of the molecule is COc1cccc(NC(=O)OCc2cccc(Nc3c4ccccc4nc4ccccc34)c2)c1. The summed E-state index contributed by atoms with van der Waals surface area (Å²) in [6, 6.07) is 31.1. The number of amides is 1. The molecular weight excluding hydrogens is 426 g/mol. The highest BCUT2D eigenvalue weighted by atomic mass is 16.5. The monoisotopic (exact) mass is 449 g/mol. The molecule has 0 fully saturated rings. The van der Waals surface area contributed by atoms with E-state index in [1.165, 1.54) is 0 Å². The number of fused-ring (bicyclic) bond motifs is 2. The van der Waals surface area contributed by atoms with Gasteiger partial charge in [0.05, 0.1) is 23.8 Å². The van der Waals surface area contributed by atoms with Crippen LogP contribution in [0.25, 0.3) is 21.8 Å². The Morgan fingerprint density at radius 1 is 0.794 bits per heavy atom. The number of benzene rings is 4. The van der Waals surface area contributed by atoms with Crippen molar-refractivity contribution in [1.29, 1.82) is 0 Å². The third-order valence-electron chi connectivity index (χ3n) is 5.47. The Morgan fingerprint density at radius 3 is 2.21 bits per heavy atom. The molecule has 0 saturated heterocycles. The fraction of sp³-hybridized carbons (Fsp3) is 0.0714. The number of hydrogen-bond donors (Lipinski definition) is 2. The molecule has 0 radical (unpaired) electrons. The Labute approximate surface area is 197 Å². The van der Waals surface area contributed by atoms with Crippen molar-refractivity contribution in [1.82, 2.24) is 4.98 Å². The molecule has 6 heteroatoms. The zero-order chi connectivity index (χ0) is 23.3. The topological polar surface area (TPSA) is 72.5 Å². The van der Waals surface area contributed by atoms with Crippen LogP contribution in [0, 0.1) is 0 Å². The van der Waals surface area contributed by atoms with Crippen molar-refractivity contribution >= 4 is 45.0 Å². The van der Waals surface area contributed by atoms with E-state index in [2.05, 4.69) is 22.8 Å². The van der Waals surface area contributed by atoms with E-state index in [9.17, 15) is 4.79 Å². The summed E-state index contributed by atoms with van der Waals surface area (Å²) in [5, 5.41) is 8.36. The fourth-order valence-corrected chi connectivity index (χ4v) is 3.86. The number of rotatable bonds is 6. The second-order valence-electron chi connectivity index (χ2n) is 7.78. The third-order valence-corrected chi connectivity index (χ3v) is 5.47. The molecule has 2 N–H and O–H groups in total. The molecule has 4 aromatic carbocycles. The molecule has 0 aliphatic carbocycles. The summed E-state index contributed by atoms with van der Waals surface area (Å²) >= 11 is 0. The number of nitrogens with one attached hydrogen (secondary N) is 2. The largest absolute Gasteiger partial charge is 0.497 e. The predicted molar refractivity (Wildman–Crippen MR) is 136 cm³/mol. The number of para-hydroxylation sites is 2. The van der Waals surface area contributed by atoms with Crippen LogP contribution in [0.3, 0.4) is 0 Å². The molecule has 0 atom stereocenters. The Kier molecular flexibility index (Phi) is 5.95. The van der Waals surface area contributed by atoms with Crippen LogP contribution in [0.1, 0.15) is 5.56 Å². The van der Waals surface area contributed by atoms with Crippen LogP contribution in [-0.4, -0.2) is 18.2 Å². The smallest absolute Gasteiger partial charge is 0.411 e. The number of hydrogen-bond acceptors (Lipinski definition) is 5. The Bertz CT molecular complexity index is 1430. The first-order chi connectivity index (χ1) is 16.7. The summed E-state index contributed by atoms with van der Waals surface area (Å²) in [5.41, 5.74) is 5.23. The van der Waals surface area contributed by atoms with Gasteiger partial charge in [0, 0.05) is 28.2 Å². The number of ether oxygens (including phenoxy) is 2. The zero-order valence-electron chi connectivity index (χ0n) is 18.6. The van der Waals surface area contributed by atoms with Gasteiger partial charge < -0.3 is 14.8 Å². The van der Waals surface area contributed by atoms with E-state index in [1.54, 1.807) is 25.3 Å². The lowest BCUT2D eigenvalue weighted by Crippen LogP contribution is -2.13. The highest BCUT2D eigenvalue weighted by molar-refractivity contribution is 6.08. The minimum absolute atomic E-state index is 0.142. The van der Waals surface area contributed by atoms with E-state index in [1.807, 2.05) is 66.7 Å². The summed E-state index contributed by atoms with van der Waals surface area (Å²) in [5.74, 6) is 0.660. The molecule has 1 aromatic heterocycles. The Morgan fingerprint density at radius 2 is 1.47 bits per heavy atom. The average molecular weight is 450 g/mol. The van der Waals surface area contributed by atoms with Crippen molar-refractivity contribution in [2.24, 2.45) is 0 Å². The van der Waals surface area contributed by atoms with E-state index in [-0.39, 0.29) is 6.61 Å². The molecule has 0 aliphatic rings. The van der Waals surface area contributed by atoms with E-state index in [0.29, 0.717) is 11.4 Å². The number of carbonyl (C=O) groups excluding carboxylic acids is 1. The molecule has 168 valence electrons. The van der Waals surface area contributed by atoms with Crippen molar-refractivity contribution in [3.05, 3.63) is 103 Å². The van der Waals surface area contributed by atoms with Gasteiger partial charge in [-0.1, -0.05) is 54.6 Å². The number of pyridine rings is 1. The van der Waals surface area contributed by atoms with Crippen LogP contribution >= 0.6 is 0 Å². The molecule has 5 rings (SSSR count). The van der Waals surface area contributed by atoms with Crippen molar-refractivity contribution in [2.75, 3.05) is 17.7 Å². The first-order valence-electron chi connectivity index (χ1n) is 10.9. The lowest BCUT2D eigenvalue weighted by molar-refractivity contribution is 0.155. The Balaban J connectivity index is 1.34. The number of anilines is 3. The molecule has 0 spiro atoms. The summed E-state index contributed by atoms with van der Waals surface area (Å²) in [4.78, 5) is 17.0. The maximum atomic E-state index is 12.3. The number of aromatic nitrogens is 1. The van der Waals surface area contributed by atoms with Gasteiger partial charge in [0.25, 0.3) is 0 Å². The van der Waals surface area contributed by atoms with Gasteiger partial charge in [0.1, 0.15) is 12.4 Å². The standard InChI is InChI=1S/C28H23N3O3/c1-33-22-11-7-10-21(17-22)30-28(32)34-18-19-8-6-9-20(16-19)29-27-23-12-2-4-14-25(23)31-26-15-5-3-13-24(26)27/h2-17H,18H2,1H3,(H,29,31)(H,30,32). The minimum Gasteiger partial charge on any atom is -0.497 e. The van der Waals surface area contributed by atoms with Gasteiger partial charge in [-0.3, -0.25) is 5.32 Å². The molecule has 0 aliphatic heterocycles. The van der Waals surface area contributed by atoms with Gasteiger partial charge in [0.2, 0.25) is 0 Å². The number of methoxy groups -OCH3 is 1. The molecule has 1 heterocycles. The van der Waals surface area contributed by atoms with Crippen molar-refractivity contribution < 1.29 is 14.3 Å². The molecular formula is C28H23N3O3. The molecule has 0 bridgehead atoms. The van der Waals surface area contributed by atoms with Crippen LogP contribution in [-0.2, 0) is 11.3 Å². The van der Waals surface area contributed by atoms with E-state index >= 15 is 0 Å². The quantitative estimate of drug-likeness (QED) is 0.276. The number of nitrogens with zero attached hydrogens (tertiary/aromatic N) is 1. The van der Waals surface area contributed by atoms with Crippen LogP contribution in [0.15, 0.2) is 97.1 Å². The van der Waals surface area contributed by atoms with Crippen molar-refractivity contribution in [3.63, 3.8) is 0 Å². The molecule has 5 aromatic rings. The van der Waals surface area contributed by atoms with E-state index in [0.717, 1.165) is 38.7 Å². The zero-order valence-corrected chi connectivity index (χ0v) is 18.6. The van der Waals surface area contributed by atoms with Crippen LogP contribution in [0.5, 0.6) is 5.75 Å². The van der Waals surface area contributed by atoms with Crippen molar-refractivity contribution in [2.45, 2.75) is 6.61 Å². The normalized spacial score (nSPS) is 10.7. The van der Waals surface area contributed by atoms with Gasteiger partial charge in [-0.15, -0.1) is 0 Å². The number of carbonyl (C=O) groups is 1. The van der Waals surface area contributed by atoms with Gasteiger partial charge in [-0.25, -0.2) is 9.78 Å². The van der Waals surface area contributed by atoms with Gasteiger partial charge >= 0.3 is 6.09 Å². The van der Waals surface area contributed by atoms with Crippen LogP contribution < -0.4 is 15.4 Å². The van der Waals surface area contributed by atoms with Gasteiger partial charge in [-0.05, 0) is 42.0 Å². The van der Waals surface area contributed by atoms with Gasteiger partial charge in [0.15, 0.2) is 0 Å². The maximum absolute atomic E-state index is 12.3. The average Bonchev–Trinajstić information content (AvgIpc) is 2.88. The molecule has 0 saturated carbocycles. The summed E-state index contributed by atoms with van der Waals surface area (Å²) < 4.78 is 10.6. The highest BCUT2D eigenvalue weighted by Crippen LogP contribution is 2.33. The molecule has 6 nitrogen and oxygen atoms in total. The Hall–Kier alpha value is -4.58. The van der Waals surface area contributed by atoms with Crippen LogP contribution in [0.2, 0.25) is 0 Å².